The van der Waals surface area contributed by atoms with Crippen molar-refractivity contribution in [2.45, 2.75) is 20.4 Å². The lowest BCUT2D eigenvalue weighted by Crippen LogP contribution is -2.23. The first-order valence-electron chi connectivity index (χ1n) is 3.93. The minimum Gasteiger partial charge on any atom is -0.295 e. The van der Waals surface area contributed by atoms with E-state index in [2.05, 4.69) is 4.98 Å². The molecule has 1 aromatic rings. The summed E-state index contributed by atoms with van der Waals surface area (Å²) < 4.78 is 1.52. The molecule has 0 aromatic carbocycles. The van der Waals surface area contributed by atoms with E-state index in [1.165, 1.54) is 10.1 Å². The summed E-state index contributed by atoms with van der Waals surface area (Å²) in [6.07, 6.45) is 1.72. The monoisotopic (exact) mass is 198 g/mol. The number of rotatable bonds is 2. The molecule has 0 fully saturated rings. The van der Waals surface area contributed by atoms with Crippen molar-refractivity contribution < 1.29 is 0 Å². The zero-order valence-electron chi connectivity index (χ0n) is 7.62. The van der Waals surface area contributed by atoms with Gasteiger partial charge in [-0.1, -0.05) is 11.6 Å². The Morgan fingerprint density at radius 3 is 3.00 bits per heavy atom. The van der Waals surface area contributed by atoms with Crippen LogP contribution in [0, 0.1) is 6.92 Å². The van der Waals surface area contributed by atoms with Crippen LogP contribution in [0.2, 0.25) is 0 Å². The third-order valence-corrected chi connectivity index (χ3v) is 1.99. The third-order valence-electron chi connectivity index (χ3n) is 1.62. The molecule has 0 N–H and O–H groups in total. The standard InChI is InChI=1S/C9H11ClN2O/c1-7(5-10)6-12-4-3-8(2)11-9(12)13/h3-5H,6H2,1-2H3/b7-5-. The largest absolute Gasteiger partial charge is 0.348 e. The topological polar surface area (TPSA) is 34.9 Å². The van der Waals surface area contributed by atoms with Gasteiger partial charge in [-0.15, -0.1) is 0 Å². The van der Waals surface area contributed by atoms with Crippen molar-refractivity contribution in [3.8, 4) is 0 Å². The molecule has 13 heavy (non-hydrogen) atoms. The molecule has 1 rings (SSSR count). The second kappa shape index (κ2) is 4.23. The molecule has 0 amide bonds. The molecule has 0 aliphatic rings. The first kappa shape index (κ1) is 9.99. The third kappa shape index (κ3) is 2.70. The van der Waals surface area contributed by atoms with Crippen LogP contribution < -0.4 is 5.69 Å². The fraction of sp³-hybridized carbons (Fsp3) is 0.333. The van der Waals surface area contributed by atoms with Crippen LogP contribution in [0.3, 0.4) is 0 Å². The lowest BCUT2D eigenvalue weighted by Gasteiger charge is -2.03. The van der Waals surface area contributed by atoms with Crippen molar-refractivity contribution >= 4 is 11.6 Å². The van der Waals surface area contributed by atoms with Crippen molar-refractivity contribution in [1.29, 1.82) is 0 Å². The minimum absolute atomic E-state index is 0.238. The molecule has 1 aromatic heterocycles. The lowest BCUT2D eigenvalue weighted by molar-refractivity contribution is 0.711. The molecular formula is C9H11ClN2O. The van der Waals surface area contributed by atoms with Crippen LogP contribution in [-0.4, -0.2) is 9.55 Å². The second-order valence-electron chi connectivity index (χ2n) is 2.93. The number of aromatic nitrogens is 2. The van der Waals surface area contributed by atoms with Crippen LogP contribution >= 0.6 is 11.6 Å². The molecule has 0 saturated heterocycles. The van der Waals surface area contributed by atoms with Gasteiger partial charge in [-0.05, 0) is 25.5 Å². The highest BCUT2D eigenvalue weighted by molar-refractivity contribution is 6.25. The van der Waals surface area contributed by atoms with Crippen LogP contribution in [0.1, 0.15) is 12.6 Å². The quantitative estimate of drug-likeness (QED) is 0.725. The molecule has 0 atom stereocenters. The Bertz CT molecular complexity index is 381. The summed E-state index contributed by atoms with van der Waals surface area (Å²) in [4.78, 5) is 15.1. The Hall–Kier alpha value is -1.09. The number of aryl methyl sites for hydroxylation is 1. The average Bonchev–Trinajstić information content (AvgIpc) is 2.09. The SMILES string of the molecule is C/C(=C/Cl)Cn1ccc(C)nc1=O. The molecule has 1 heterocycles. The number of hydrogen-bond acceptors (Lipinski definition) is 2. The summed E-state index contributed by atoms with van der Waals surface area (Å²) in [5, 5.41) is 0. The van der Waals surface area contributed by atoms with Gasteiger partial charge in [0.25, 0.3) is 0 Å². The maximum atomic E-state index is 11.3. The molecule has 0 saturated carbocycles. The van der Waals surface area contributed by atoms with E-state index < -0.39 is 0 Å². The van der Waals surface area contributed by atoms with E-state index in [0.29, 0.717) is 6.54 Å². The summed E-state index contributed by atoms with van der Waals surface area (Å²) in [7, 11) is 0. The summed E-state index contributed by atoms with van der Waals surface area (Å²) in [5.74, 6) is 0. The zero-order chi connectivity index (χ0) is 9.84. The molecule has 0 radical (unpaired) electrons. The number of halogens is 1. The summed E-state index contributed by atoms with van der Waals surface area (Å²) >= 11 is 5.49. The van der Waals surface area contributed by atoms with Gasteiger partial charge in [-0.2, -0.15) is 4.98 Å². The Labute approximate surface area is 81.7 Å². The Kier molecular flexibility index (Phi) is 3.25. The fourth-order valence-corrected chi connectivity index (χ4v) is 1.01. The smallest absolute Gasteiger partial charge is 0.295 e. The Morgan fingerprint density at radius 1 is 1.77 bits per heavy atom. The van der Waals surface area contributed by atoms with E-state index in [1.807, 2.05) is 6.92 Å². The molecule has 0 aliphatic carbocycles. The molecule has 0 spiro atoms. The molecular weight excluding hydrogens is 188 g/mol. The molecule has 0 bridgehead atoms. The predicted molar refractivity (Wildman–Crippen MR) is 52.8 cm³/mol. The molecule has 0 aliphatic heterocycles. The Morgan fingerprint density at radius 2 is 2.46 bits per heavy atom. The summed E-state index contributed by atoms with van der Waals surface area (Å²) in [6, 6.07) is 1.79. The van der Waals surface area contributed by atoms with E-state index in [4.69, 9.17) is 11.6 Å². The zero-order valence-corrected chi connectivity index (χ0v) is 8.38. The van der Waals surface area contributed by atoms with Crippen LogP contribution in [0.15, 0.2) is 28.2 Å². The first-order valence-corrected chi connectivity index (χ1v) is 4.37. The number of hydrogen-bond donors (Lipinski definition) is 0. The van der Waals surface area contributed by atoms with E-state index in [0.717, 1.165) is 11.3 Å². The highest BCUT2D eigenvalue weighted by Crippen LogP contribution is 1.98. The second-order valence-corrected chi connectivity index (χ2v) is 3.15. The van der Waals surface area contributed by atoms with Gasteiger partial charge in [0.15, 0.2) is 0 Å². The number of nitrogens with zero attached hydrogens (tertiary/aromatic N) is 2. The summed E-state index contributed by atoms with van der Waals surface area (Å²) in [5.41, 5.74) is 2.88. The Balaban J connectivity index is 2.97. The predicted octanol–water partition coefficient (Wildman–Crippen LogP) is 1.69. The fourth-order valence-electron chi connectivity index (χ4n) is 0.937. The highest BCUT2D eigenvalue weighted by atomic mass is 35.5. The van der Waals surface area contributed by atoms with Gasteiger partial charge in [0.2, 0.25) is 0 Å². The number of allylic oxidation sites excluding steroid dienone is 1. The maximum Gasteiger partial charge on any atom is 0.348 e. The van der Waals surface area contributed by atoms with Gasteiger partial charge >= 0.3 is 5.69 Å². The van der Waals surface area contributed by atoms with Crippen molar-refractivity contribution in [2.75, 3.05) is 0 Å². The van der Waals surface area contributed by atoms with Crippen molar-refractivity contribution in [2.24, 2.45) is 0 Å². The van der Waals surface area contributed by atoms with Gasteiger partial charge in [0.1, 0.15) is 0 Å². The minimum atomic E-state index is -0.238. The first-order chi connectivity index (χ1) is 6.13. The van der Waals surface area contributed by atoms with E-state index in [-0.39, 0.29) is 5.69 Å². The van der Waals surface area contributed by atoms with Crippen molar-refractivity contribution in [3.63, 3.8) is 0 Å². The van der Waals surface area contributed by atoms with Crippen LogP contribution in [0.25, 0.3) is 0 Å². The normalized spacial score (nSPS) is 11.8. The molecule has 3 nitrogen and oxygen atoms in total. The van der Waals surface area contributed by atoms with E-state index >= 15 is 0 Å². The summed E-state index contributed by atoms with van der Waals surface area (Å²) in [6.45, 7) is 4.14. The highest BCUT2D eigenvalue weighted by Gasteiger charge is 1.97. The lowest BCUT2D eigenvalue weighted by atomic mass is 10.3. The van der Waals surface area contributed by atoms with Crippen LogP contribution in [-0.2, 0) is 6.54 Å². The van der Waals surface area contributed by atoms with Gasteiger partial charge in [0, 0.05) is 24.0 Å². The van der Waals surface area contributed by atoms with Gasteiger partial charge < -0.3 is 0 Å². The van der Waals surface area contributed by atoms with Gasteiger partial charge in [-0.25, -0.2) is 4.79 Å². The maximum absolute atomic E-state index is 11.3. The van der Waals surface area contributed by atoms with Crippen LogP contribution in [0.5, 0.6) is 0 Å². The molecule has 4 heteroatoms. The van der Waals surface area contributed by atoms with E-state index in [9.17, 15) is 4.79 Å². The van der Waals surface area contributed by atoms with E-state index in [1.54, 1.807) is 19.2 Å². The van der Waals surface area contributed by atoms with Crippen molar-refractivity contribution in [3.05, 3.63) is 39.5 Å². The van der Waals surface area contributed by atoms with Crippen LogP contribution in [0.4, 0.5) is 0 Å². The van der Waals surface area contributed by atoms with Crippen molar-refractivity contribution in [1.82, 2.24) is 9.55 Å². The van der Waals surface area contributed by atoms with Gasteiger partial charge in [0.05, 0.1) is 0 Å². The molecule has 70 valence electrons. The molecule has 0 unspecified atom stereocenters. The van der Waals surface area contributed by atoms with Gasteiger partial charge in [-0.3, -0.25) is 4.57 Å². The average molecular weight is 199 g/mol.